The third kappa shape index (κ3) is 7.53. The molecule has 1 fully saturated rings. The summed E-state index contributed by atoms with van der Waals surface area (Å²) in [5, 5.41) is 6.16. The van der Waals surface area contributed by atoms with Gasteiger partial charge in [0.25, 0.3) is 0 Å². The fourth-order valence-corrected chi connectivity index (χ4v) is 2.39. The Labute approximate surface area is 117 Å². The number of ether oxygens (including phenoxy) is 1. The molecule has 1 aliphatic rings. The minimum Gasteiger partial charge on any atom is -0.378 e. The van der Waals surface area contributed by atoms with Gasteiger partial charge in [0.2, 0.25) is 5.91 Å². The topological polar surface area (TPSA) is 50.4 Å². The molecule has 0 saturated heterocycles. The number of rotatable bonds is 9. The van der Waals surface area contributed by atoms with E-state index in [0.717, 1.165) is 32.7 Å². The molecule has 0 aromatic carbocycles. The van der Waals surface area contributed by atoms with Crippen molar-refractivity contribution in [2.45, 2.75) is 58.5 Å². The van der Waals surface area contributed by atoms with Crippen LogP contribution < -0.4 is 10.6 Å². The lowest BCUT2D eigenvalue weighted by molar-refractivity contribution is -0.124. The average molecular weight is 270 g/mol. The Hall–Kier alpha value is -0.610. The predicted molar refractivity (Wildman–Crippen MR) is 78.2 cm³/mol. The van der Waals surface area contributed by atoms with Gasteiger partial charge in [0.05, 0.1) is 6.10 Å². The highest BCUT2D eigenvalue weighted by atomic mass is 16.5. The lowest BCUT2D eigenvalue weighted by Crippen LogP contribution is -2.36. The van der Waals surface area contributed by atoms with Crippen LogP contribution in [0, 0.1) is 5.92 Å². The molecule has 0 spiro atoms. The zero-order valence-corrected chi connectivity index (χ0v) is 12.5. The zero-order chi connectivity index (χ0) is 13.9. The maximum Gasteiger partial charge on any atom is 0.224 e. The van der Waals surface area contributed by atoms with Crippen molar-refractivity contribution < 1.29 is 9.53 Å². The number of hydrogen-bond donors (Lipinski definition) is 2. The summed E-state index contributed by atoms with van der Waals surface area (Å²) in [6.07, 6.45) is 7.79. The summed E-state index contributed by atoms with van der Waals surface area (Å²) in [7, 11) is 0. The summed E-state index contributed by atoms with van der Waals surface area (Å²) in [6.45, 7) is 7.16. The van der Waals surface area contributed by atoms with Crippen LogP contribution in [0.2, 0.25) is 0 Å². The van der Waals surface area contributed by atoms with Crippen LogP contribution in [0.25, 0.3) is 0 Å². The molecule has 1 rings (SSSR count). The number of nitrogens with one attached hydrogen (secondary N) is 2. The molecule has 1 atom stereocenters. The lowest BCUT2D eigenvalue weighted by Gasteiger charge is -2.22. The quantitative estimate of drug-likeness (QED) is 0.631. The minimum atomic E-state index is 0.0409. The van der Waals surface area contributed by atoms with Gasteiger partial charge in [0.15, 0.2) is 0 Å². The normalized spacial score (nSPS) is 18.2. The van der Waals surface area contributed by atoms with E-state index in [-0.39, 0.29) is 11.8 Å². The van der Waals surface area contributed by atoms with Crippen LogP contribution in [0.4, 0.5) is 0 Å². The number of carbonyl (C=O) groups excluding carboxylic acids is 1. The summed E-state index contributed by atoms with van der Waals surface area (Å²) >= 11 is 0. The van der Waals surface area contributed by atoms with Gasteiger partial charge in [-0.05, 0) is 25.8 Å². The number of carbonyl (C=O) groups is 1. The van der Waals surface area contributed by atoms with Gasteiger partial charge < -0.3 is 15.4 Å². The van der Waals surface area contributed by atoms with E-state index in [9.17, 15) is 4.79 Å². The molecular weight excluding hydrogens is 240 g/mol. The van der Waals surface area contributed by atoms with E-state index < -0.39 is 0 Å². The molecule has 0 aromatic rings. The molecule has 1 aliphatic carbocycles. The molecule has 0 radical (unpaired) electrons. The van der Waals surface area contributed by atoms with Crippen molar-refractivity contribution in [2.24, 2.45) is 5.92 Å². The zero-order valence-electron chi connectivity index (χ0n) is 12.5. The average Bonchev–Trinajstić information content (AvgIpc) is 2.45. The van der Waals surface area contributed by atoms with E-state index in [2.05, 4.69) is 10.6 Å². The van der Waals surface area contributed by atoms with Crippen molar-refractivity contribution in [1.29, 1.82) is 0 Å². The molecule has 4 heteroatoms. The van der Waals surface area contributed by atoms with Crippen LogP contribution in [0.1, 0.15) is 52.4 Å². The van der Waals surface area contributed by atoms with E-state index in [1.54, 1.807) is 0 Å². The first-order valence-corrected chi connectivity index (χ1v) is 7.84. The molecule has 0 aromatic heterocycles. The second-order valence-corrected chi connectivity index (χ2v) is 5.48. The number of hydrogen-bond acceptors (Lipinski definition) is 3. The van der Waals surface area contributed by atoms with Gasteiger partial charge in [-0.15, -0.1) is 0 Å². The standard InChI is InChI=1S/C15H30N2O2/c1-3-16-12-13(2)15(18)17-10-7-11-19-14-8-5-4-6-9-14/h13-14,16H,3-12H2,1-2H3,(H,17,18). The fourth-order valence-electron chi connectivity index (χ4n) is 2.39. The highest BCUT2D eigenvalue weighted by Gasteiger charge is 2.14. The largest absolute Gasteiger partial charge is 0.378 e. The van der Waals surface area contributed by atoms with Gasteiger partial charge >= 0.3 is 0 Å². The molecule has 4 nitrogen and oxygen atoms in total. The van der Waals surface area contributed by atoms with Crippen molar-refractivity contribution in [3.05, 3.63) is 0 Å². The van der Waals surface area contributed by atoms with Crippen LogP contribution in [-0.2, 0) is 9.53 Å². The Balaban J connectivity index is 1.95. The van der Waals surface area contributed by atoms with Gasteiger partial charge in [0, 0.05) is 25.6 Å². The molecule has 1 unspecified atom stereocenters. The molecular formula is C15H30N2O2. The molecule has 0 heterocycles. The van der Waals surface area contributed by atoms with Gasteiger partial charge in [-0.2, -0.15) is 0 Å². The van der Waals surface area contributed by atoms with Crippen molar-refractivity contribution >= 4 is 5.91 Å². The highest BCUT2D eigenvalue weighted by Crippen LogP contribution is 2.20. The highest BCUT2D eigenvalue weighted by molar-refractivity contribution is 5.78. The van der Waals surface area contributed by atoms with Crippen LogP contribution in [0.15, 0.2) is 0 Å². The summed E-state index contributed by atoms with van der Waals surface area (Å²) in [4.78, 5) is 11.7. The van der Waals surface area contributed by atoms with E-state index in [4.69, 9.17) is 4.74 Å². The van der Waals surface area contributed by atoms with Gasteiger partial charge in [0.1, 0.15) is 0 Å². The van der Waals surface area contributed by atoms with Crippen LogP contribution >= 0.6 is 0 Å². The summed E-state index contributed by atoms with van der Waals surface area (Å²) in [5.74, 6) is 0.179. The van der Waals surface area contributed by atoms with Crippen LogP contribution in [0.5, 0.6) is 0 Å². The lowest BCUT2D eigenvalue weighted by atomic mass is 9.98. The molecule has 2 N–H and O–H groups in total. The van der Waals surface area contributed by atoms with Gasteiger partial charge in [-0.1, -0.05) is 33.1 Å². The second-order valence-electron chi connectivity index (χ2n) is 5.48. The van der Waals surface area contributed by atoms with Crippen molar-refractivity contribution in [2.75, 3.05) is 26.2 Å². The Kier molecular flexibility index (Phi) is 8.84. The second kappa shape index (κ2) is 10.2. The first kappa shape index (κ1) is 16.4. The molecule has 19 heavy (non-hydrogen) atoms. The Morgan fingerprint density at radius 1 is 1.32 bits per heavy atom. The summed E-state index contributed by atoms with van der Waals surface area (Å²) in [5.41, 5.74) is 0. The van der Waals surface area contributed by atoms with E-state index in [1.807, 2.05) is 13.8 Å². The minimum absolute atomic E-state index is 0.0409. The van der Waals surface area contributed by atoms with E-state index in [0.29, 0.717) is 6.10 Å². The summed E-state index contributed by atoms with van der Waals surface area (Å²) < 4.78 is 5.83. The van der Waals surface area contributed by atoms with E-state index in [1.165, 1.54) is 32.1 Å². The van der Waals surface area contributed by atoms with Gasteiger partial charge in [-0.3, -0.25) is 4.79 Å². The predicted octanol–water partition coefficient (Wildman–Crippen LogP) is 2.09. The monoisotopic (exact) mass is 270 g/mol. The Morgan fingerprint density at radius 3 is 2.74 bits per heavy atom. The van der Waals surface area contributed by atoms with Crippen LogP contribution in [-0.4, -0.2) is 38.3 Å². The third-order valence-electron chi connectivity index (χ3n) is 3.67. The number of amides is 1. The summed E-state index contributed by atoms with van der Waals surface area (Å²) in [6, 6.07) is 0. The maximum atomic E-state index is 11.7. The Morgan fingerprint density at radius 2 is 2.05 bits per heavy atom. The van der Waals surface area contributed by atoms with Gasteiger partial charge in [-0.25, -0.2) is 0 Å². The fraction of sp³-hybridized carbons (Fsp3) is 0.933. The molecule has 112 valence electrons. The van der Waals surface area contributed by atoms with Crippen molar-refractivity contribution in [1.82, 2.24) is 10.6 Å². The maximum absolute atomic E-state index is 11.7. The van der Waals surface area contributed by atoms with Crippen LogP contribution in [0.3, 0.4) is 0 Å². The molecule has 0 bridgehead atoms. The van der Waals surface area contributed by atoms with E-state index >= 15 is 0 Å². The van der Waals surface area contributed by atoms with Crippen molar-refractivity contribution in [3.63, 3.8) is 0 Å². The first-order valence-electron chi connectivity index (χ1n) is 7.84. The first-order chi connectivity index (χ1) is 9.24. The van der Waals surface area contributed by atoms with Crippen molar-refractivity contribution in [3.8, 4) is 0 Å². The molecule has 0 aliphatic heterocycles. The Bertz CT molecular complexity index is 240. The molecule has 1 saturated carbocycles. The smallest absolute Gasteiger partial charge is 0.224 e. The SMILES string of the molecule is CCNCC(C)C(=O)NCCCOC1CCCCC1. The molecule has 1 amide bonds. The third-order valence-corrected chi connectivity index (χ3v) is 3.67.